The minimum atomic E-state index is 0.671. The quantitative estimate of drug-likeness (QED) is 0.863. The highest BCUT2D eigenvalue weighted by molar-refractivity contribution is 5.63. The van der Waals surface area contributed by atoms with E-state index in [9.17, 15) is 0 Å². The van der Waals surface area contributed by atoms with Gasteiger partial charge in [0.2, 0.25) is 5.95 Å². The van der Waals surface area contributed by atoms with Crippen molar-refractivity contribution in [1.82, 2.24) is 9.97 Å². The topological polar surface area (TPSA) is 49.8 Å². The molecule has 0 fully saturated rings. The van der Waals surface area contributed by atoms with E-state index in [4.69, 9.17) is 0 Å². The van der Waals surface area contributed by atoms with Gasteiger partial charge in [0, 0.05) is 24.0 Å². The zero-order valence-electron chi connectivity index (χ0n) is 12.6. The van der Waals surface area contributed by atoms with Gasteiger partial charge in [-0.25, -0.2) is 4.98 Å². The molecule has 4 heteroatoms. The largest absolute Gasteiger partial charge is 0.354 e. The van der Waals surface area contributed by atoms with Gasteiger partial charge in [0.1, 0.15) is 5.82 Å². The number of nitrogens with zero attached hydrogens (tertiary/aromatic N) is 2. The molecule has 0 amide bonds. The monoisotopic (exact) mass is 270 g/mol. The fraction of sp³-hybridized carbons (Fsp3) is 0.375. The molecule has 2 N–H and O–H groups in total. The van der Waals surface area contributed by atoms with E-state index >= 15 is 0 Å². The molecule has 1 aromatic carbocycles. The third-order valence-corrected chi connectivity index (χ3v) is 3.14. The van der Waals surface area contributed by atoms with Crippen molar-refractivity contribution < 1.29 is 0 Å². The van der Waals surface area contributed by atoms with Gasteiger partial charge in [0.05, 0.1) is 0 Å². The molecule has 1 heterocycles. The Bertz CT molecular complexity index is 593. The van der Waals surface area contributed by atoms with Gasteiger partial charge in [0.25, 0.3) is 0 Å². The lowest BCUT2D eigenvalue weighted by molar-refractivity contribution is 0.950. The Morgan fingerprint density at radius 2 is 1.90 bits per heavy atom. The van der Waals surface area contributed by atoms with Gasteiger partial charge in [-0.2, -0.15) is 4.98 Å². The van der Waals surface area contributed by atoms with Crippen LogP contribution in [0.3, 0.4) is 0 Å². The highest BCUT2D eigenvalue weighted by atomic mass is 15.1. The van der Waals surface area contributed by atoms with Crippen molar-refractivity contribution in [2.45, 2.75) is 34.1 Å². The van der Waals surface area contributed by atoms with Gasteiger partial charge < -0.3 is 10.6 Å². The molecule has 4 nitrogen and oxygen atoms in total. The van der Waals surface area contributed by atoms with Crippen LogP contribution in [0.2, 0.25) is 0 Å². The van der Waals surface area contributed by atoms with Crippen LogP contribution in [0.15, 0.2) is 24.4 Å². The second-order valence-electron chi connectivity index (χ2n) is 5.10. The van der Waals surface area contributed by atoms with Crippen LogP contribution < -0.4 is 10.6 Å². The van der Waals surface area contributed by atoms with Crippen molar-refractivity contribution in [3.63, 3.8) is 0 Å². The number of hydrogen-bond donors (Lipinski definition) is 2. The lowest BCUT2D eigenvalue weighted by Crippen LogP contribution is -2.07. The van der Waals surface area contributed by atoms with Crippen LogP contribution in [-0.4, -0.2) is 16.5 Å². The average molecular weight is 270 g/mol. The first-order chi connectivity index (χ1) is 9.60. The van der Waals surface area contributed by atoms with Gasteiger partial charge in [0.15, 0.2) is 0 Å². The molecule has 0 unspecified atom stereocenters. The maximum absolute atomic E-state index is 4.54. The van der Waals surface area contributed by atoms with Crippen molar-refractivity contribution in [3.05, 3.63) is 41.1 Å². The van der Waals surface area contributed by atoms with Crippen molar-refractivity contribution >= 4 is 17.5 Å². The van der Waals surface area contributed by atoms with Crippen molar-refractivity contribution in [1.29, 1.82) is 0 Å². The molecule has 0 bridgehead atoms. The molecule has 20 heavy (non-hydrogen) atoms. The maximum Gasteiger partial charge on any atom is 0.224 e. The molecule has 2 aromatic rings. The summed E-state index contributed by atoms with van der Waals surface area (Å²) >= 11 is 0. The van der Waals surface area contributed by atoms with Crippen LogP contribution in [0.4, 0.5) is 17.5 Å². The summed E-state index contributed by atoms with van der Waals surface area (Å²) in [4.78, 5) is 8.83. The first kappa shape index (κ1) is 14.3. The van der Waals surface area contributed by atoms with Gasteiger partial charge in [-0.05, 0) is 38.8 Å². The molecule has 0 saturated carbocycles. The average Bonchev–Trinajstić information content (AvgIpc) is 2.42. The SMILES string of the molecule is CCCNc1ncc(C)c(Nc2ccc(C)cc2C)n1. The third-order valence-electron chi connectivity index (χ3n) is 3.14. The second kappa shape index (κ2) is 6.37. The van der Waals surface area contributed by atoms with Gasteiger partial charge in [-0.3, -0.25) is 0 Å². The molecule has 106 valence electrons. The molecule has 0 aliphatic rings. The summed E-state index contributed by atoms with van der Waals surface area (Å²) in [5, 5.41) is 6.60. The molecule has 0 aliphatic carbocycles. The molecule has 1 aromatic heterocycles. The minimum Gasteiger partial charge on any atom is -0.354 e. The molecule has 2 rings (SSSR count). The summed E-state index contributed by atoms with van der Waals surface area (Å²) < 4.78 is 0. The Morgan fingerprint density at radius 1 is 1.10 bits per heavy atom. The molecular weight excluding hydrogens is 248 g/mol. The first-order valence-electron chi connectivity index (χ1n) is 7.02. The van der Waals surface area contributed by atoms with E-state index in [1.165, 1.54) is 11.1 Å². The summed E-state index contributed by atoms with van der Waals surface area (Å²) in [7, 11) is 0. The van der Waals surface area contributed by atoms with Gasteiger partial charge in [-0.15, -0.1) is 0 Å². The van der Waals surface area contributed by atoms with Gasteiger partial charge >= 0.3 is 0 Å². The number of aryl methyl sites for hydroxylation is 3. The summed E-state index contributed by atoms with van der Waals surface area (Å²) in [6, 6.07) is 6.35. The highest BCUT2D eigenvalue weighted by Crippen LogP contribution is 2.22. The van der Waals surface area contributed by atoms with Crippen molar-refractivity contribution in [2.24, 2.45) is 0 Å². The number of nitrogens with one attached hydrogen (secondary N) is 2. The number of anilines is 3. The number of benzene rings is 1. The Morgan fingerprint density at radius 3 is 2.60 bits per heavy atom. The molecule has 0 radical (unpaired) electrons. The molecule has 0 atom stereocenters. The van der Waals surface area contributed by atoms with E-state index in [1.807, 2.05) is 13.1 Å². The highest BCUT2D eigenvalue weighted by Gasteiger charge is 2.05. The Labute approximate surface area is 120 Å². The van der Waals surface area contributed by atoms with Crippen LogP contribution in [-0.2, 0) is 0 Å². The van der Waals surface area contributed by atoms with Crippen LogP contribution in [0, 0.1) is 20.8 Å². The zero-order chi connectivity index (χ0) is 14.5. The lowest BCUT2D eigenvalue weighted by Gasteiger charge is -2.13. The minimum absolute atomic E-state index is 0.671. The smallest absolute Gasteiger partial charge is 0.224 e. The summed E-state index contributed by atoms with van der Waals surface area (Å²) in [5.41, 5.74) is 4.59. The number of aromatic nitrogens is 2. The number of rotatable bonds is 5. The third kappa shape index (κ3) is 3.47. The lowest BCUT2D eigenvalue weighted by atomic mass is 10.1. The Hall–Kier alpha value is -2.10. The second-order valence-corrected chi connectivity index (χ2v) is 5.10. The van der Waals surface area contributed by atoms with E-state index in [2.05, 4.69) is 59.6 Å². The van der Waals surface area contributed by atoms with E-state index < -0.39 is 0 Å². The predicted molar refractivity (Wildman–Crippen MR) is 84.7 cm³/mol. The summed E-state index contributed by atoms with van der Waals surface area (Å²) in [5.74, 6) is 1.52. The van der Waals surface area contributed by atoms with E-state index in [0.29, 0.717) is 5.95 Å². The van der Waals surface area contributed by atoms with Crippen molar-refractivity contribution in [3.8, 4) is 0 Å². The summed E-state index contributed by atoms with van der Waals surface area (Å²) in [6.07, 6.45) is 2.90. The van der Waals surface area contributed by atoms with Crippen molar-refractivity contribution in [2.75, 3.05) is 17.2 Å². The molecular formula is C16H22N4. The fourth-order valence-corrected chi connectivity index (χ4v) is 1.97. The fourth-order valence-electron chi connectivity index (χ4n) is 1.97. The maximum atomic E-state index is 4.54. The van der Waals surface area contributed by atoms with Crippen LogP contribution in [0.25, 0.3) is 0 Å². The zero-order valence-corrected chi connectivity index (χ0v) is 12.6. The van der Waals surface area contributed by atoms with E-state index in [0.717, 1.165) is 30.0 Å². The van der Waals surface area contributed by atoms with E-state index in [-0.39, 0.29) is 0 Å². The molecule has 0 spiro atoms. The molecule has 0 aliphatic heterocycles. The Balaban J connectivity index is 2.23. The van der Waals surface area contributed by atoms with Gasteiger partial charge in [-0.1, -0.05) is 24.6 Å². The first-order valence-corrected chi connectivity index (χ1v) is 7.02. The summed E-state index contributed by atoms with van der Waals surface area (Å²) in [6.45, 7) is 9.21. The van der Waals surface area contributed by atoms with E-state index in [1.54, 1.807) is 0 Å². The normalized spacial score (nSPS) is 10.4. The van der Waals surface area contributed by atoms with Crippen LogP contribution >= 0.6 is 0 Å². The molecule has 0 saturated heterocycles. The standard InChI is InChI=1S/C16H22N4/c1-5-8-17-16-18-10-13(4)15(20-16)19-14-7-6-11(2)9-12(14)3/h6-7,9-10H,5,8H2,1-4H3,(H2,17,18,19,20). The Kier molecular flexibility index (Phi) is 4.56. The van der Waals surface area contributed by atoms with Crippen LogP contribution in [0.5, 0.6) is 0 Å². The predicted octanol–water partition coefficient (Wildman–Crippen LogP) is 3.97. The number of hydrogen-bond acceptors (Lipinski definition) is 4. The van der Waals surface area contributed by atoms with Crippen LogP contribution in [0.1, 0.15) is 30.0 Å².